The largest absolute Gasteiger partial charge is 0.481 e. The molecule has 0 spiro atoms. The number of carbonyl (C=O) groups is 2. The second kappa shape index (κ2) is 5.94. The summed E-state index contributed by atoms with van der Waals surface area (Å²) in [5.41, 5.74) is 1.89. The molecule has 1 aliphatic rings. The molecule has 1 aromatic rings. The normalized spacial score (nSPS) is 18.3. The van der Waals surface area contributed by atoms with E-state index in [4.69, 9.17) is 5.11 Å². The van der Waals surface area contributed by atoms with Crippen molar-refractivity contribution in [2.24, 2.45) is 13.0 Å². The summed E-state index contributed by atoms with van der Waals surface area (Å²) in [6, 6.07) is -0.138. The minimum absolute atomic E-state index is 0.0679. The van der Waals surface area contributed by atoms with Gasteiger partial charge in [0.2, 0.25) is 0 Å². The molecule has 1 saturated heterocycles. The molecule has 1 aliphatic heterocycles. The molecule has 2 rings (SSSR count). The van der Waals surface area contributed by atoms with Crippen LogP contribution in [0.25, 0.3) is 0 Å². The highest BCUT2D eigenvalue weighted by molar-refractivity contribution is 5.74. The van der Waals surface area contributed by atoms with Crippen LogP contribution in [0.3, 0.4) is 0 Å². The van der Waals surface area contributed by atoms with E-state index in [1.54, 1.807) is 9.58 Å². The molecule has 2 N–H and O–H groups in total. The van der Waals surface area contributed by atoms with E-state index in [1.807, 2.05) is 20.2 Å². The Bertz CT molecular complexity index is 512. The molecule has 0 aromatic carbocycles. The minimum atomic E-state index is -0.803. The molecule has 0 saturated carbocycles. The van der Waals surface area contributed by atoms with Crippen LogP contribution in [0, 0.1) is 12.8 Å². The van der Waals surface area contributed by atoms with Crippen molar-refractivity contribution >= 4 is 12.0 Å². The Morgan fingerprint density at radius 1 is 1.55 bits per heavy atom. The number of aromatic nitrogens is 2. The third-order valence-corrected chi connectivity index (χ3v) is 3.58. The number of carboxylic acid groups (broad SMARTS) is 1. The Labute approximate surface area is 117 Å². The lowest BCUT2D eigenvalue weighted by Crippen LogP contribution is -2.38. The van der Waals surface area contributed by atoms with Gasteiger partial charge >= 0.3 is 12.0 Å². The van der Waals surface area contributed by atoms with Gasteiger partial charge < -0.3 is 15.3 Å². The first kappa shape index (κ1) is 14.4. The van der Waals surface area contributed by atoms with E-state index in [-0.39, 0.29) is 18.4 Å². The van der Waals surface area contributed by atoms with E-state index in [0.29, 0.717) is 19.6 Å². The topological polar surface area (TPSA) is 87.5 Å². The first-order chi connectivity index (χ1) is 9.45. The van der Waals surface area contributed by atoms with Crippen molar-refractivity contribution in [1.29, 1.82) is 0 Å². The van der Waals surface area contributed by atoms with Gasteiger partial charge in [-0.1, -0.05) is 0 Å². The second-order valence-corrected chi connectivity index (χ2v) is 5.27. The van der Waals surface area contributed by atoms with Gasteiger partial charge in [0.25, 0.3) is 0 Å². The fraction of sp³-hybridized carbons (Fsp3) is 0.615. The molecule has 2 heterocycles. The number of nitrogens with one attached hydrogen (secondary N) is 1. The second-order valence-electron chi connectivity index (χ2n) is 5.27. The first-order valence-corrected chi connectivity index (χ1v) is 6.69. The van der Waals surface area contributed by atoms with Crippen LogP contribution in [0.4, 0.5) is 4.79 Å². The van der Waals surface area contributed by atoms with Gasteiger partial charge in [0.05, 0.1) is 5.69 Å². The lowest BCUT2D eigenvalue weighted by molar-refractivity contribution is -0.138. The van der Waals surface area contributed by atoms with Gasteiger partial charge in [-0.3, -0.25) is 9.48 Å². The predicted octanol–water partition coefficient (Wildman–Crippen LogP) is 0.735. The number of hydrogen-bond acceptors (Lipinski definition) is 3. The lowest BCUT2D eigenvalue weighted by Gasteiger charge is -2.17. The molecule has 20 heavy (non-hydrogen) atoms. The van der Waals surface area contributed by atoms with Crippen LogP contribution in [-0.4, -0.2) is 44.9 Å². The van der Waals surface area contributed by atoms with Gasteiger partial charge in [-0.05, 0) is 19.3 Å². The van der Waals surface area contributed by atoms with Crippen LogP contribution in [0.2, 0.25) is 0 Å². The zero-order chi connectivity index (χ0) is 14.7. The highest BCUT2D eigenvalue weighted by atomic mass is 16.4. The van der Waals surface area contributed by atoms with Crippen LogP contribution in [0.1, 0.15) is 24.1 Å². The van der Waals surface area contributed by atoms with E-state index in [1.165, 1.54) is 0 Å². The summed E-state index contributed by atoms with van der Waals surface area (Å²) in [7, 11) is 1.84. The number of urea groups is 1. The van der Waals surface area contributed by atoms with Crippen molar-refractivity contribution in [1.82, 2.24) is 20.0 Å². The van der Waals surface area contributed by atoms with Crippen LogP contribution in [0.5, 0.6) is 0 Å². The summed E-state index contributed by atoms with van der Waals surface area (Å²) in [5, 5.41) is 15.8. The van der Waals surface area contributed by atoms with Crippen molar-refractivity contribution in [3.63, 3.8) is 0 Å². The molecule has 1 fully saturated rings. The minimum Gasteiger partial charge on any atom is -0.481 e. The van der Waals surface area contributed by atoms with Gasteiger partial charge in [0.1, 0.15) is 0 Å². The third-order valence-electron chi connectivity index (χ3n) is 3.58. The molecule has 0 aliphatic carbocycles. The molecule has 110 valence electrons. The number of aliphatic carboxylic acids is 1. The average Bonchev–Trinajstić information content (AvgIpc) is 2.92. The van der Waals surface area contributed by atoms with Crippen LogP contribution in [0.15, 0.2) is 6.20 Å². The smallest absolute Gasteiger partial charge is 0.317 e. The number of hydrogen-bond donors (Lipinski definition) is 2. The maximum atomic E-state index is 12.0. The summed E-state index contributed by atoms with van der Waals surface area (Å²) < 4.78 is 1.72. The molecule has 1 atom stereocenters. The molecule has 1 unspecified atom stereocenters. The fourth-order valence-corrected chi connectivity index (χ4v) is 2.54. The predicted molar refractivity (Wildman–Crippen MR) is 72.1 cm³/mol. The molecule has 7 heteroatoms. The molecule has 1 aromatic heterocycles. The van der Waals surface area contributed by atoms with E-state index in [9.17, 15) is 9.59 Å². The SMILES string of the molecule is Cc1nn(C)cc1CNC(=O)N1CCC(CC(=O)O)C1. The van der Waals surface area contributed by atoms with Crippen molar-refractivity contribution in [2.45, 2.75) is 26.3 Å². The van der Waals surface area contributed by atoms with Crippen LogP contribution in [-0.2, 0) is 18.4 Å². The molecular formula is C13H20N4O3. The van der Waals surface area contributed by atoms with Gasteiger partial charge in [0.15, 0.2) is 0 Å². The van der Waals surface area contributed by atoms with E-state index in [2.05, 4.69) is 10.4 Å². The van der Waals surface area contributed by atoms with Gasteiger partial charge in [-0.25, -0.2) is 4.79 Å². The molecule has 0 bridgehead atoms. The lowest BCUT2D eigenvalue weighted by atomic mass is 10.1. The van der Waals surface area contributed by atoms with Crippen molar-refractivity contribution < 1.29 is 14.7 Å². The van der Waals surface area contributed by atoms with Crippen molar-refractivity contribution in [3.8, 4) is 0 Å². The summed E-state index contributed by atoms with van der Waals surface area (Å²) in [6.45, 7) is 3.48. The third kappa shape index (κ3) is 3.49. The molecule has 2 amide bonds. The number of carboxylic acids is 1. The highest BCUT2D eigenvalue weighted by Gasteiger charge is 2.27. The summed E-state index contributed by atoms with van der Waals surface area (Å²) >= 11 is 0. The Morgan fingerprint density at radius 3 is 2.90 bits per heavy atom. The molecule has 0 radical (unpaired) electrons. The zero-order valence-electron chi connectivity index (χ0n) is 11.8. The van der Waals surface area contributed by atoms with E-state index >= 15 is 0 Å². The highest BCUT2D eigenvalue weighted by Crippen LogP contribution is 2.19. The van der Waals surface area contributed by atoms with Crippen molar-refractivity contribution in [3.05, 3.63) is 17.5 Å². The summed E-state index contributed by atoms with van der Waals surface area (Å²) in [5.74, 6) is -0.735. The van der Waals surface area contributed by atoms with Gasteiger partial charge in [-0.15, -0.1) is 0 Å². The quantitative estimate of drug-likeness (QED) is 0.851. The Kier molecular flexibility index (Phi) is 4.26. The van der Waals surface area contributed by atoms with E-state index in [0.717, 1.165) is 17.7 Å². The monoisotopic (exact) mass is 280 g/mol. The van der Waals surface area contributed by atoms with Crippen molar-refractivity contribution in [2.75, 3.05) is 13.1 Å². The van der Waals surface area contributed by atoms with Gasteiger partial charge in [0, 0.05) is 44.9 Å². The maximum absolute atomic E-state index is 12.0. The number of amides is 2. The molecule has 7 nitrogen and oxygen atoms in total. The van der Waals surface area contributed by atoms with Crippen LogP contribution < -0.4 is 5.32 Å². The Balaban J connectivity index is 1.81. The average molecular weight is 280 g/mol. The number of rotatable bonds is 4. The van der Waals surface area contributed by atoms with Gasteiger partial charge in [-0.2, -0.15) is 5.10 Å². The number of likely N-dealkylation sites (tertiary alicyclic amines) is 1. The number of carbonyl (C=O) groups excluding carboxylic acids is 1. The van der Waals surface area contributed by atoms with Crippen LogP contribution >= 0.6 is 0 Å². The summed E-state index contributed by atoms with van der Waals surface area (Å²) in [4.78, 5) is 24.3. The molecular weight excluding hydrogens is 260 g/mol. The Morgan fingerprint density at radius 2 is 2.30 bits per heavy atom. The first-order valence-electron chi connectivity index (χ1n) is 6.69. The Hall–Kier alpha value is -2.05. The standard InChI is InChI=1S/C13H20N4O3/c1-9-11(8-16(2)15-9)6-14-13(20)17-4-3-10(7-17)5-12(18)19/h8,10H,3-7H2,1-2H3,(H,14,20)(H,18,19). The fourth-order valence-electron chi connectivity index (χ4n) is 2.54. The zero-order valence-corrected chi connectivity index (χ0v) is 11.8. The van der Waals surface area contributed by atoms with E-state index < -0.39 is 5.97 Å². The summed E-state index contributed by atoms with van der Waals surface area (Å²) in [6.07, 6.45) is 2.77. The number of aryl methyl sites for hydroxylation is 2. The maximum Gasteiger partial charge on any atom is 0.317 e. The number of nitrogens with zero attached hydrogens (tertiary/aromatic N) is 3.